The Morgan fingerprint density at radius 3 is 2.29 bits per heavy atom. The van der Waals surface area contributed by atoms with E-state index in [2.05, 4.69) is 48.3 Å². The molecule has 0 radical (unpaired) electrons. The number of hydrogen-bond acceptors (Lipinski definition) is 10. The smallest absolute Gasteiger partial charge is 0.374 e. The van der Waals surface area contributed by atoms with Gasteiger partial charge in [-0.1, -0.05) is 29.8 Å². The fraction of sp³-hybridized carbons (Fsp3) is 0.435. The first-order valence-electron chi connectivity index (χ1n) is 11.3. The molecule has 0 aliphatic rings. The molecule has 0 saturated carbocycles. The summed E-state index contributed by atoms with van der Waals surface area (Å²) in [7, 11) is 6.33. The first-order valence-corrected chi connectivity index (χ1v) is 20.2. The Kier molecular flexibility index (Phi) is 13.0. The Hall–Kier alpha value is 0.177. The minimum atomic E-state index is -2.59. The molecule has 1 heterocycles. The minimum Gasteiger partial charge on any atom is -0.374 e. The molecule has 0 amide bonds. The molecule has 0 spiro atoms. The van der Waals surface area contributed by atoms with Gasteiger partial charge >= 0.3 is 8.80 Å². The van der Waals surface area contributed by atoms with Crippen molar-refractivity contribution in [2.75, 3.05) is 19.8 Å². The highest BCUT2D eigenvalue weighted by Crippen LogP contribution is 2.54. The van der Waals surface area contributed by atoms with Crippen molar-refractivity contribution in [3.63, 3.8) is 0 Å². The maximum atomic E-state index is 6.02. The lowest BCUT2D eigenvalue weighted by Crippen LogP contribution is -2.46. The van der Waals surface area contributed by atoms with Crippen LogP contribution in [0, 0.1) is 6.92 Å². The molecule has 186 valence electrons. The van der Waals surface area contributed by atoms with E-state index in [-0.39, 0.29) is 0 Å². The number of nitrogens with zero attached hydrogens (tertiary/aromatic N) is 1. The highest BCUT2D eigenvalue weighted by molar-refractivity contribution is 9.35. The van der Waals surface area contributed by atoms with Crippen LogP contribution < -0.4 is 0 Å². The topological polar surface area (TPSA) is 40.6 Å². The van der Waals surface area contributed by atoms with Crippen molar-refractivity contribution in [1.82, 2.24) is 4.98 Å². The Bertz CT molecular complexity index is 971. The quantitative estimate of drug-likeness (QED) is 0.0923. The second kappa shape index (κ2) is 15.4. The summed E-state index contributed by atoms with van der Waals surface area (Å²) >= 11 is 1.75. The van der Waals surface area contributed by atoms with Crippen LogP contribution in [0.15, 0.2) is 51.7 Å². The molecular weight excluding hydrogens is 559 g/mol. The van der Waals surface area contributed by atoms with Crippen molar-refractivity contribution in [3.05, 3.63) is 53.6 Å². The molecule has 1 aromatic heterocycles. The van der Waals surface area contributed by atoms with Crippen LogP contribution in [0.4, 0.5) is 0 Å². The summed E-state index contributed by atoms with van der Waals surface area (Å²) in [4.78, 5) is 6.01. The van der Waals surface area contributed by atoms with Gasteiger partial charge in [-0.3, -0.25) is 0 Å². The highest BCUT2D eigenvalue weighted by Gasteiger charge is 2.39. The van der Waals surface area contributed by atoms with Crippen molar-refractivity contribution in [1.29, 1.82) is 0 Å². The Labute approximate surface area is 227 Å². The summed E-state index contributed by atoms with van der Waals surface area (Å²) in [6.45, 7) is 10.1. The number of aryl methyl sites for hydroxylation is 2. The van der Waals surface area contributed by atoms with Gasteiger partial charge in [0.2, 0.25) is 0 Å². The van der Waals surface area contributed by atoms with E-state index in [1.165, 1.54) is 20.7 Å². The van der Waals surface area contributed by atoms with Gasteiger partial charge in [-0.25, -0.2) is 4.98 Å². The van der Waals surface area contributed by atoms with Gasteiger partial charge in [-0.2, -0.15) is 0 Å². The van der Waals surface area contributed by atoms with E-state index in [9.17, 15) is 0 Å². The third-order valence-electron chi connectivity index (χ3n) is 4.80. The van der Waals surface area contributed by atoms with Crippen LogP contribution >= 0.6 is 62.4 Å². The van der Waals surface area contributed by atoms with Gasteiger partial charge < -0.3 is 13.3 Å². The summed E-state index contributed by atoms with van der Waals surface area (Å²) < 4.78 is 20.4. The van der Waals surface area contributed by atoms with E-state index < -0.39 is 8.80 Å². The lowest BCUT2D eigenvalue weighted by Gasteiger charge is -2.28. The minimum absolute atomic E-state index is 0.623. The predicted molar refractivity (Wildman–Crippen MR) is 159 cm³/mol. The highest BCUT2D eigenvalue weighted by atomic mass is 33.8. The first kappa shape index (κ1) is 28.7. The average Bonchev–Trinajstić information content (AvgIpc) is 3.23. The molecule has 0 atom stereocenters. The summed E-state index contributed by atoms with van der Waals surface area (Å²) in [6, 6.07) is 15.9. The zero-order valence-electron chi connectivity index (χ0n) is 19.9. The molecule has 0 bridgehead atoms. The molecule has 0 N–H and O–H groups in total. The van der Waals surface area contributed by atoms with Gasteiger partial charge in [-0.15, -0.1) is 11.3 Å². The first-order chi connectivity index (χ1) is 16.6. The molecule has 0 unspecified atom stereocenters. The largest absolute Gasteiger partial charge is 0.500 e. The molecule has 0 saturated heterocycles. The number of para-hydroxylation sites is 1. The van der Waals surface area contributed by atoms with Crippen molar-refractivity contribution in [3.8, 4) is 0 Å². The normalized spacial score (nSPS) is 12.0. The van der Waals surface area contributed by atoms with E-state index in [1.807, 2.05) is 37.6 Å². The molecule has 11 heteroatoms. The van der Waals surface area contributed by atoms with Crippen molar-refractivity contribution in [2.45, 2.75) is 55.8 Å². The van der Waals surface area contributed by atoms with Gasteiger partial charge in [-0.05, 0) is 115 Å². The van der Waals surface area contributed by atoms with Crippen LogP contribution in [-0.4, -0.2) is 33.6 Å². The van der Waals surface area contributed by atoms with Crippen molar-refractivity contribution in [2.24, 2.45) is 0 Å². The van der Waals surface area contributed by atoms with Gasteiger partial charge in [0.1, 0.15) is 0 Å². The van der Waals surface area contributed by atoms with E-state index >= 15 is 0 Å². The second-order valence-electron chi connectivity index (χ2n) is 7.27. The molecule has 3 aromatic rings. The van der Waals surface area contributed by atoms with E-state index in [1.54, 1.807) is 51.6 Å². The predicted octanol–water partition coefficient (Wildman–Crippen LogP) is 9.33. The molecule has 2 aromatic carbocycles. The average molecular weight is 590 g/mol. The lowest BCUT2D eigenvalue weighted by atomic mass is 10.1. The number of thiazole rings is 1. The van der Waals surface area contributed by atoms with Gasteiger partial charge in [0.15, 0.2) is 4.34 Å². The molecule has 0 fully saturated rings. The maximum Gasteiger partial charge on any atom is 0.500 e. The number of benzene rings is 2. The molecule has 34 heavy (non-hydrogen) atoms. The summed E-state index contributed by atoms with van der Waals surface area (Å²) in [6.07, 6.45) is 1.98. The third kappa shape index (κ3) is 8.93. The zero-order valence-corrected chi connectivity index (χ0v) is 25.8. The van der Waals surface area contributed by atoms with Crippen molar-refractivity contribution >= 4 is 81.4 Å². The Morgan fingerprint density at radius 1 is 0.882 bits per heavy atom. The summed E-state index contributed by atoms with van der Waals surface area (Å²) in [5, 5.41) is 0. The van der Waals surface area contributed by atoms with Crippen LogP contribution in [0.25, 0.3) is 10.2 Å². The Morgan fingerprint density at radius 2 is 1.59 bits per heavy atom. The van der Waals surface area contributed by atoms with Gasteiger partial charge in [0.05, 0.1) is 10.2 Å². The van der Waals surface area contributed by atoms with E-state index in [0.717, 1.165) is 28.7 Å². The van der Waals surface area contributed by atoms with Gasteiger partial charge in [0.25, 0.3) is 0 Å². The molecule has 0 aliphatic carbocycles. The monoisotopic (exact) mass is 589 g/mol. The summed E-state index contributed by atoms with van der Waals surface area (Å²) in [5.74, 6) is 0. The number of hydrogen-bond donors (Lipinski definition) is 0. The van der Waals surface area contributed by atoms with Crippen LogP contribution in [0.5, 0.6) is 0 Å². The van der Waals surface area contributed by atoms with E-state index in [4.69, 9.17) is 13.3 Å². The SMILES string of the molecule is CCO[Si](CCCc1cc(C)ccc1SSSSSc1nc2ccccc2s1)(OCC)OCC. The standard InChI is InChI=1S/C23H31NO3S6Si/c1-5-25-34(26-6-2,27-7-3)16-10-11-19-17-18(4)14-15-21(19)29-31-33-32-30-23-24-20-12-8-9-13-22(20)28-23/h8-9,12-15,17H,5-7,10-11,16H2,1-4H3. The maximum absolute atomic E-state index is 6.02. The van der Waals surface area contributed by atoms with E-state index in [0.29, 0.717) is 19.8 Å². The van der Waals surface area contributed by atoms with Crippen LogP contribution in [0.1, 0.15) is 38.3 Å². The number of rotatable bonds is 16. The van der Waals surface area contributed by atoms with Crippen LogP contribution in [-0.2, 0) is 19.7 Å². The fourth-order valence-electron chi connectivity index (χ4n) is 3.47. The number of fused-ring (bicyclic) bond motifs is 1. The second-order valence-corrected chi connectivity index (χ2v) is 18.8. The fourth-order valence-corrected chi connectivity index (χ4v) is 16.0. The molecular formula is C23H31NO3S6Si. The molecule has 0 aliphatic heterocycles. The summed E-state index contributed by atoms with van der Waals surface area (Å²) in [5.41, 5.74) is 3.76. The Balaban J connectivity index is 1.49. The number of aromatic nitrogens is 1. The lowest BCUT2D eigenvalue weighted by molar-refractivity contribution is 0.0708. The van der Waals surface area contributed by atoms with Crippen LogP contribution in [0.2, 0.25) is 6.04 Å². The molecule has 3 rings (SSSR count). The third-order valence-corrected chi connectivity index (χ3v) is 17.6. The van der Waals surface area contributed by atoms with Crippen LogP contribution in [0.3, 0.4) is 0 Å². The zero-order chi connectivity index (χ0) is 24.2. The molecule has 4 nitrogen and oxygen atoms in total. The van der Waals surface area contributed by atoms with Gasteiger partial charge in [0, 0.05) is 30.8 Å². The van der Waals surface area contributed by atoms with Crippen molar-refractivity contribution < 1.29 is 13.3 Å².